The summed E-state index contributed by atoms with van der Waals surface area (Å²) in [5, 5.41) is 20.4. The molecule has 7 nitrogen and oxygen atoms in total. The second-order valence-corrected chi connectivity index (χ2v) is 2.76. The molecule has 1 aromatic rings. The quantitative estimate of drug-likeness (QED) is 0.557. The average molecular weight is 214 g/mol. The predicted molar refractivity (Wildman–Crippen MR) is 48.0 cm³/mol. The van der Waals surface area contributed by atoms with Gasteiger partial charge in [-0.3, -0.25) is 4.79 Å². The van der Waals surface area contributed by atoms with E-state index in [0.29, 0.717) is 11.1 Å². The van der Waals surface area contributed by atoms with Crippen molar-refractivity contribution in [2.75, 3.05) is 0 Å². The van der Waals surface area contributed by atoms with Crippen LogP contribution in [0.3, 0.4) is 0 Å². The largest absolute Gasteiger partial charge is 0.492 e. The molecule has 0 aromatic carbocycles. The minimum atomic E-state index is -0.872. The van der Waals surface area contributed by atoms with Crippen LogP contribution in [0.1, 0.15) is 6.92 Å². The molecule has 15 heavy (non-hydrogen) atoms. The molecule has 0 aliphatic rings. The lowest BCUT2D eigenvalue weighted by Gasteiger charge is -2.10. The number of carbonyl (C=O) groups excluding carboxylic acids is 2. The van der Waals surface area contributed by atoms with Crippen molar-refractivity contribution in [3.05, 3.63) is 12.1 Å². The molecule has 0 saturated carbocycles. The van der Waals surface area contributed by atoms with E-state index in [1.165, 1.54) is 6.92 Å². The van der Waals surface area contributed by atoms with Crippen LogP contribution in [0.2, 0.25) is 0 Å². The predicted octanol–water partition coefficient (Wildman–Crippen LogP) is -1.01. The van der Waals surface area contributed by atoms with Crippen molar-refractivity contribution in [2.24, 2.45) is 0 Å². The fourth-order valence-electron chi connectivity index (χ4n) is 0.834. The summed E-state index contributed by atoms with van der Waals surface area (Å²) in [6.07, 6.45) is 0.349. The molecule has 0 radical (unpaired) electrons. The summed E-state index contributed by atoms with van der Waals surface area (Å²) in [5.41, 5.74) is 0. The second kappa shape index (κ2) is 4.36. The van der Waals surface area contributed by atoms with Gasteiger partial charge in [0.15, 0.2) is 0 Å². The monoisotopic (exact) mass is 214 g/mol. The highest BCUT2D eigenvalue weighted by atomic mass is 16.7. The van der Waals surface area contributed by atoms with E-state index >= 15 is 0 Å². The normalized spacial score (nSPS) is 11.8. The second-order valence-electron chi connectivity index (χ2n) is 2.76. The van der Waals surface area contributed by atoms with Crippen LogP contribution in [0.25, 0.3) is 0 Å². The number of nitrogens with zero attached hydrogens (tertiary/aromatic N) is 1. The van der Waals surface area contributed by atoms with Crippen LogP contribution < -0.4 is 10.2 Å². The van der Waals surface area contributed by atoms with E-state index < -0.39 is 23.8 Å². The Morgan fingerprint density at radius 2 is 2.07 bits per heavy atom. The Kier molecular flexibility index (Phi) is 3.17. The molecule has 7 heteroatoms. The summed E-state index contributed by atoms with van der Waals surface area (Å²) < 4.78 is 0.547. The first-order chi connectivity index (χ1) is 7.06. The van der Waals surface area contributed by atoms with Crippen molar-refractivity contribution in [3.8, 4) is 11.8 Å². The van der Waals surface area contributed by atoms with Gasteiger partial charge in [-0.2, -0.15) is 0 Å². The van der Waals surface area contributed by atoms with E-state index in [-0.39, 0.29) is 0 Å². The maximum atomic E-state index is 11.2. The zero-order valence-corrected chi connectivity index (χ0v) is 7.88. The molecule has 0 spiro atoms. The van der Waals surface area contributed by atoms with Gasteiger partial charge < -0.3 is 20.4 Å². The molecule has 1 heterocycles. The van der Waals surface area contributed by atoms with E-state index in [9.17, 15) is 9.59 Å². The fraction of sp³-hybridized carbons (Fsp3) is 0.250. The Labute approximate surface area is 84.8 Å². The Hall–Kier alpha value is -2.18. The van der Waals surface area contributed by atoms with Gasteiger partial charge in [0.1, 0.15) is 6.04 Å². The van der Waals surface area contributed by atoms with E-state index in [1.807, 2.05) is 0 Å². The van der Waals surface area contributed by atoms with Crippen LogP contribution in [-0.4, -0.2) is 33.4 Å². The summed E-state index contributed by atoms with van der Waals surface area (Å²) >= 11 is 0. The Balaban J connectivity index is 2.70. The summed E-state index contributed by atoms with van der Waals surface area (Å²) in [6.45, 7) is 1.40. The van der Waals surface area contributed by atoms with Crippen molar-refractivity contribution in [3.63, 3.8) is 0 Å². The first kappa shape index (κ1) is 10.9. The van der Waals surface area contributed by atoms with Gasteiger partial charge in [0, 0.05) is 12.1 Å². The Morgan fingerprint density at radius 1 is 1.53 bits per heavy atom. The third-order valence-corrected chi connectivity index (χ3v) is 1.65. The molecule has 0 aliphatic heterocycles. The highest BCUT2D eigenvalue weighted by Crippen LogP contribution is 2.18. The van der Waals surface area contributed by atoms with Gasteiger partial charge in [-0.1, -0.05) is 0 Å². The van der Waals surface area contributed by atoms with Crippen molar-refractivity contribution in [1.82, 2.24) is 10.0 Å². The van der Waals surface area contributed by atoms with Gasteiger partial charge in [0.25, 0.3) is 0 Å². The number of carbonyl (C=O) groups is 2. The summed E-state index contributed by atoms with van der Waals surface area (Å²) in [6, 6.07) is 1.43. The van der Waals surface area contributed by atoms with Crippen LogP contribution in [0.4, 0.5) is 0 Å². The fourth-order valence-corrected chi connectivity index (χ4v) is 0.834. The molecule has 1 aromatic heterocycles. The summed E-state index contributed by atoms with van der Waals surface area (Å²) in [5.74, 6) is -1.65. The topological polar surface area (TPSA) is 101 Å². The van der Waals surface area contributed by atoms with Gasteiger partial charge >= 0.3 is 5.97 Å². The minimum absolute atomic E-state index is 0.349. The van der Waals surface area contributed by atoms with Crippen molar-refractivity contribution < 1.29 is 24.6 Å². The number of rotatable bonds is 4. The Bertz CT molecular complexity index is 354. The van der Waals surface area contributed by atoms with E-state index in [0.717, 1.165) is 12.1 Å². The molecular weight excluding hydrogens is 204 g/mol. The van der Waals surface area contributed by atoms with Crippen LogP contribution in [-0.2, 0) is 9.59 Å². The number of hydrogen-bond donors (Lipinski definition) is 3. The number of aromatic nitrogens is 1. The first-order valence-corrected chi connectivity index (χ1v) is 4.08. The lowest BCUT2D eigenvalue weighted by molar-refractivity contribution is -0.148. The molecule has 0 fully saturated rings. The van der Waals surface area contributed by atoms with Gasteiger partial charge in [0.05, 0.1) is 0 Å². The number of aromatic hydroxyl groups is 2. The van der Waals surface area contributed by atoms with Crippen LogP contribution in [0.15, 0.2) is 12.1 Å². The molecule has 0 aliphatic carbocycles. The average Bonchev–Trinajstić information content (AvgIpc) is 2.49. The van der Waals surface area contributed by atoms with Crippen LogP contribution in [0.5, 0.6) is 11.8 Å². The van der Waals surface area contributed by atoms with Crippen LogP contribution in [0, 0.1) is 0 Å². The maximum absolute atomic E-state index is 11.2. The van der Waals surface area contributed by atoms with Gasteiger partial charge in [-0.05, 0) is 6.92 Å². The zero-order valence-electron chi connectivity index (χ0n) is 7.88. The zero-order chi connectivity index (χ0) is 11.4. The molecule has 3 N–H and O–H groups in total. The summed E-state index contributed by atoms with van der Waals surface area (Å²) in [4.78, 5) is 25.8. The third kappa shape index (κ3) is 2.39. The smallest absolute Gasteiger partial charge is 0.354 e. The number of amides is 1. The number of hydrogen-bond acceptors (Lipinski definition) is 5. The van der Waals surface area contributed by atoms with Gasteiger partial charge in [-0.25, -0.2) is 4.79 Å². The van der Waals surface area contributed by atoms with E-state index in [1.54, 1.807) is 0 Å². The van der Waals surface area contributed by atoms with Gasteiger partial charge in [-0.15, -0.1) is 4.73 Å². The van der Waals surface area contributed by atoms with Crippen molar-refractivity contribution in [2.45, 2.75) is 13.0 Å². The molecule has 0 saturated heterocycles. The molecule has 1 unspecified atom stereocenters. The molecule has 1 rings (SSSR count). The molecule has 1 atom stereocenters. The maximum Gasteiger partial charge on any atom is 0.354 e. The standard InChI is InChI=1S/C8H10N2O5/c1-5(9-4-11)8(14)15-10-6(12)2-3-7(10)13/h2-5,12-13H,1H3,(H,9,11). The molecular formula is C8H10N2O5. The highest BCUT2D eigenvalue weighted by Gasteiger charge is 2.17. The minimum Gasteiger partial charge on any atom is -0.492 e. The van der Waals surface area contributed by atoms with E-state index in [4.69, 9.17) is 10.2 Å². The van der Waals surface area contributed by atoms with Gasteiger partial charge in [0.2, 0.25) is 18.2 Å². The molecule has 82 valence electrons. The SMILES string of the molecule is CC(NC=O)C(=O)On1c(O)ccc1O. The van der Waals surface area contributed by atoms with E-state index in [2.05, 4.69) is 10.2 Å². The molecule has 0 bridgehead atoms. The van der Waals surface area contributed by atoms with Crippen molar-refractivity contribution in [1.29, 1.82) is 0 Å². The lowest BCUT2D eigenvalue weighted by Crippen LogP contribution is -2.38. The summed E-state index contributed by atoms with van der Waals surface area (Å²) in [7, 11) is 0. The van der Waals surface area contributed by atoms with Crippen molar-refractivity contribution >= 4 is 12.4 Å². The molecule has 1 amide bonds. The Morgan fingerprint density at radius 3 is 2.53 bits per heavy atom. The van der Waals surface area contributed by atoms with Crippen LogP contribution >= 0.6 is 0 Å². The number of nitrogens with one attached hydrogen (secondary N) is 1. The first-order valence-electron chi connectivity index (χ1n) is 4.08. The highest BCUT2D eigenvalue weighted by molar-refractivity contribution is 5.78. The lowest BCUT2D eigenvalue weighted by atomic mass is 10.4. The third-order valence-electron chi connectivity index (χ3n) is 1.65.